The molecule has 0 spiro atoms. The predicted molar refractivity (Wildman–Crippen MR) is 109 cm³/mol. The average molecular weight is 408 g/mol. The van der Waals surface area contributed by atoms with Crippen LogP contribution in [0.15, 0.2) is 42.5 Å². The van der Waals surface area contributed by atoms with E-state index in [2.05, 4.69) is 10.6 Å². The molecule has 0 aliphatic rings. The number of nitro benzene ring substituents is 1. The van der Waals surface area contributed by atoms with Gasteiger partial charge in [-0.3, -0.25) is 20.2 Å². The summed E-state index contributed by atoms with van der Waals surface area (Å²) in [5.74, 6) is 0.616. The predicted octanol–water partition coefficient (Wildman–Crippen LogP) is 4.41. The summed E-state index contributed by atoms with van der Waals surface area (Å²) in [4.78, 5) is 22.8. The zero-order valence-corrected chi connectivity index (χ0v) is 16.3. The molecule has 9 heteroatoms. The highest BCUT2D eigenvalue weighted by Gasteiger charge is 2.16. The summed E-state index contributed by atoms with van der Waals surface area (Å²) in [5, 5.41) is 16.4. The Bertz CT molecular complexity index is 856. The molecule has 0 atom stereocenters. The Kier molecular flexibility index (Phi) is 7.09. The third-order valence-corrected chi connectivity index (χ3v) is 3.77. The van der Waals surface area contributed by atoms with Crippen LogP contribution in [0.1, 0.15) is 24.2 Å². The van der Waals surface area contributed by atoms with Crippen molar-refractivity contribution in [3.63, 3.8) is 0 Å². The van der Waals surface area contributed by atoms with Gasteiger partial charge in [0.2, 0.25) is 0 Å². The maximum Gasteiger partial charge on any atom is 0.294 e. The summed E-state index contributed by atoms with van der Waals surface area (Å²) in [6.07, 6.45) is 0. The van der Waals surface area contributed by atoms with Crippen molar-refractivity contribution in [2.75, 3.05) is 11.9 Å². The first-order chi connectivity index (χ1) is 12.8. The number of carbonyl (C=O) groups is 1. The number of anilines is 1. The van der Waals surface area contributed by atoms with E-state index in [4.69, 9.17) is 28.6 Å². The second-order valence-electron chi connectivity index (χ2n) is 6.06. The molecule has 0 heterocycles. The lowest BCUT2D eigenvalue weighted by Gasteiger charge is -2.11. The van der Waals surface area contributed by atoms with Crippen LogP contribution in [0.2, 0.25) is 5.02 Å². The molecule has 0 saturated carbocycles. The highest BCUT2D eigenvalue weighted by atomic mass is 35.5. The summed E-state index contributed by atoms with van der Waals surface area (Å²) < 4.78 is 5.56. The fourth-order valence-corrected chi connectivity index (χ4v) is 2.42. The minimum atomic E-state index is -0.589. The first kappa shape index (κ1) is 20.6. The van der Waals surface area contributed by atoms with Crippen LogP contribution < -0.4 is 15.4 Å². The molecule has 1 amide bonds. The molecule has 142 valence electrons. The van der Waals surface area contributed by atoms with Crippen molar-refractivity contribution in [2.24, 2.45) is 5.92 Å². The van der Waals surface area contributed by atoms with Crippen molar-refractivity contribution < 1.29 is 14.5 Å². The summed E-state index contributed by atoms with van der Waals surface area (Å²) in [6, 6.07) is 10.7. The Morgan fingerprint density at radius 1 is 1.26 bits per heavy atom. The number of carbonyl (C=O) groups excluding carboxylic acids is 1. The lowest BCUT2D eigenvalue weighted by Crippen LogP contribution is -2.34. The van der Waals surface area contributed by atoms with Gasteiger partial charge in [-0.15, -0.1) is 0 Å². The van der Waals surface area contributed by atoms with Crippen molar-refractivity contribution in [3.05, 3.63) is 63.2 Å². The standard InChI is InChI=1S/C18H18ClN3O4S/c1-11(2)10-26-14-6-3-12(4-7-14)17(23)21-18(27)20-15-8-5-13(19)9-16(15)22(24)25/h3-9,11H,10H2,1-2H3,(H2,20,21,23,27). The Labute approximate surface area is 166 Å². The molecule has 0 radical (unpaired) electrons. The summed E-state index contributed by atoms with van der Waals surface area (Å²) in [5.41, 5.74) is 0.263. The molecular weight excluding hydrogens is 390 g/mol. The number of halogens is 1. The summed E-state index contributed by atoms with van der Waals surface area (Å²) >= 11 is 10.8. The van der Waals surface area contributed by atoms with E-state index in [9.17, 15) is 14.9 Å². The number of hydrogen-bond acceptors (Lipinski definition) is 5. The maximum absolute atomic E-state index is 12.3. The van der Waals surface area contributed by atoms with Crippen LogP contribution in [-0.2, 0) is 0 Å². The second kappa shape index (κ2) is 9.29. The highest BCUT2D eigenvalue weighted by molar-refractivity contribution is 7.80. The van der Waals surface area contributed by atoms with Gasteiger partial charge in [0.05, 0.1) is 11.5 Å². The molecule has 2 N–H and O–H groups in total. The molecule has 0 aromatic heterocycles. The Morgan fingerprint density at radius 2 is 1.93 bits per heavy atom. The van der Waals surface area contributed by atoms with E-state index in [1.165, 1.54) is 18.2 Å². The number of ether oxygens (including phenoxy) is 1. The normalized spacial score (nSPS) is 10.4. The van der Waals surface area contributed by atoms with E-state index >= 15 is 0 Å². The number of nitro groups is 1. The minimum absolute atomic E-state index is 0.0643. The maximum atomic E-state index is 12.3. The Hall–Kier alpha value is -2.71. The Balaban J connectivity index is 2.00. The van der Waals surface area contributed by atoms with Gasteiger partial charge in [0.1, 0.15) is 11.4 Å². The molecule has 0 unspecified atom stereocenters. The van der Waals surface area contributed by atoms with Gasteiger partial charge in [0.15, 0.2) is 5.11 Å². The van der Waals surface area contributed by atoms with Gasteiger partial charge in [0.25, 0.3) is 11.6 Å². The number of thiocarbonyl (C=S) groups is 1. The first-order valence-corrected chi connectivity index (χ1v) is 8.84. The summed E-state index contributed by atoms with van der Waals surface area (Å²) in [6.45, 7) is 4.67. The SMILES string of the molecule is CC(C)COc1ccc(C(=O)NC(=S)Nc2ccc(Cl)cc2[N+](=O)[O-])cc1. The van der Waals surface area contributed by atoms with Crippen LogP contribution in [0.25, 0.3) is 0 Å². The zero-order valence-electron chi connectivity index (χ0n) is 14.7. The summed E-state index contributed by atoms with van der Waals surface area (Å²) in [7, 11) is 0. The minimum Gasteiger partial charge on any atom is -0.493 e. The van der Waals surface area contributed by atoms with Gasteiger partial charge >= 0.3 is 0 Å². The molecule has 27 heavy (non-hydrogen) atoms. The van der Waals surface area contributed by atoms with Gasteiger partial charge in [-0.25, -0.2) is 0 Å². The van der Waals surface area contributed by atoms with Crippen LogP contribution >= 0.6 is 23.8 Å². The van der Waals surface area contributed by atoms with Gasteiger partial charge in [-0.1, -0.05) is 25.4 Å². The van der Waals surface area contributed by atoms with Crippen LogP contribution in [0.4, 0.5) is 11.4 Å². The largest absolute Gasteiger partial charge is 0.493 e. The van der Waals surface area contributed by atoms with Crippen molar-refractivity contribution in [3.8, 4) is 5.75 Å². The van der Waals surface area contributed by atoms with Crippen LogP contribution in [-0.4, -0.2) is 22.5 Å². The number of hydrogen-bond donors (Lipinski definition) is 2. The highest BCUT2D eigenvalue weighted by Crippen LogP contribution is 2.27. The molecule has 2 aromatic rings. The number of benzene rings is 2. The number of nitrogens with zero attached hydrogens (tertiary/aromatic N) is 1. The van der Waals surface area contributed by atoms with Crippen molar-refractivity contribution in [1.82, 2.24) is 5.32 Å². The molecule has 0 fully saturated rings. The lowest BCUT2D eigenvalue weighted by atomic mass is 10.2. The molecule has 0 saturated heterocycles. The molecule has 2 rings (SSSR count). The van der Waals surface area contributed by atoms with Gasteiger partial charge < -0.3 is 10.1 Å². The van der Waals surface area contributed by atoms with Gasteiger partial charge in [-0.05, 0) is 54.5 Å². The van der Waals surface area contributed by atoms with Gasteiger partial charge in [-0.2, -0.15) is 0 Å². The van der Waals surface area contributed by atoms with Crippen molar-refractivity contribution in [2.45, 2.75) is 13.8 Å². The van der Waals surface area contributed by atoms with E-state index in [1.54, 1.807) is 24.3 Å². The molecular formula is C18H18ClN3O4S. The molecule has 7 nitrogen and oxygen atoms in total. The first-order valence-electron chi connectivity index (χ1n) is 8.05. The number of amides is 1. The third kappa shape index (κ3) is 6.19. The van der Waals surface area contributed by atoms with Crippen LogP contribution in [0.3, 0.4) is 0 Å². The van der Waals surface area contributed by atoms with Crippen LogP contribution in [0, 0.1) is 16.0 Å². The number of rotatable bonds is 6. The van der Waals surface area contributed by atoms with E-state index in [0.29, 0.717) is 23.8 Å². The molecule has 0 aliphatic carbocycles. The van der Waals surface area contributed by atoms with Gasteiger partial charge in [0, 0.05) is 16.7 Å². The van der Waals surface area contributed by atoms with E-state index < -0.39 is 10.8 Å². The van der Waals surface area contributed by atoms with E-state index in [0.717, 1.165) is 0 Å². The van der Waals surface area contributed by atoms with Crippen molar-refractivity contribution in [1.29, 1.82) is 0 Å². The molecule has 0 bridgehead atoms. The zero-order chi connectivity index (χ0) is 20.0. The lowest BCUT2D eigenvalue weighted by molar-refractivity contribution is -0.383. The fraction of sp³-hybridized carbons (Fsp3) is 0.222. The molecule has 0 aliphatic heterocycles. The topological polar surface area (TPSA) is 93.5 Å². The molecule has 2 aromatic carbocycles. The smallest absolute Gasteiger partial charge is 0.294 e. The van der Waals surface area contributed by atoms with Crippen LogP contribution in [0.5, 0.6) is 5.75 Å². The van der Waals surface area contributed by atoms with E-state index in [1.807, 2.05) is 13.8 Å². The quantitative estimate of drug-likeness (QED) is 0.418. The monoisotopic (exact) mass is 407 g/mol. The number of nitrogens with one attached hydrogen (secondary N) is 2. The second-order valence-corrected chi connectivity index (χ2v) is 6.90. The Morgan fingerprint density at radius 3 is 2.52 bits per heavy atom. The third-order valence-electron chi connectivity index (χ3n) is 3.33. The fourth-order valence-electron chi connectivity index (χ4n) is 2.06. The van der Waals surface area contributed by atoms with E-state index in [-0.39, 0.29) is 21.5 Å². The van der Waals surface area contributed by atoms with Crippen molar-refractivity contribution >= 4 is 46.2 Å². The average Bonchev–Trinajstić information content (AvgIpc) is 2.61.